The standard InChI is InChI=1S/C29H36FN5O2/c30-20-10-13-34(15-20)21-4-6-22(7-5-21)35-16-25(26-27(31)32-18-33-28(26)35)19-2-1-3-24(14-19)36-17-29-11-8-23(37-29)9-12-29/h1-3,14,16,18,20-23H,4-13,15,17H2,(H2,31,32,33)/t20-,21?,22?,23?,29?/m0/s1. The van der Waals surface area contributed by atoms with Crippen molar-refractivity contribution in [3.8, 4) is 16.9 Å². The van der Waals surface area contributed by atoms with E-state index in [1.165, 1.54) is 0 Å². The lowest BCUT2D eigenvalue weighted by molar-refractivity contribution is -0.0198. The molecule has 7 nitrogen and oxygen atoms in total. The van der Waals surface area contributed by atoms with Gasteiger partial charge in [0.25, 0.3) is 0 Å². The molecule has 3 aromatic rings. The fourth-order valence-corrected chi connectivity index (χ4v) is 7.24. The van der Waals surface area contributed by atoms with Gasteiger partial charge in [0.15, 0.2) is 0 Å². The number of nitrogens with two attached hydrogens (primary N) is 1. The van der Waals surface area contributed by atoms with Crippen LogP contribution in [-0.4, -0.2) is 63.0 Å². The second-order valence-corrected chi connectivity index (χ2v) is 11.6. The Morgan fingerprint density at radius 1 is 1.05 bits per heavy atom. The van der Waals surface area contributed by atoms with Crippen LogP contribution in [0.5, 0.6) is 5.75 Å². The molecule has 0 amide bonds. The van der Waals surface area contributed by atoms with E-state index in [0.29, 0.717) is 43.6 Å². The highest BCUT2D eigenvalue weighted by molar-refractivity contribution is 6.00. The van der Waals surface area contributed by atoms with Crippen LogP contribution in [0.2, 0.25) is 0 Å². The zero-order valence-electron chi connectivity index (χ0n) is 21.3. The molecule has 2 N–H and O–H groups in total. The molecule has 4 fully saturated rings. The largest absolute Gasteiger partial charge is 0.491 e. The number of aromatic nitrogens is 3. The van der Waals surface area contributed by atoms with Gasteiger partial charge in [0.1, 0.15) is 41.9 Å². The first-order chi connectivity index (χ1) is 18.1. The molecule has 1 aromatic carbocycles. The second-order valence-electron chi connectivity index (χ2n) is 11.6. The fraction of sp³-hybridized carbons (Fsp3) is 0.586. The van der Waals surface area contributed by atoms with Crippen molar-refractivity contribution in [2.24, 2.45) is 0 Å². The smallest absolute Gasteiger partial charge is 0.146 e. The fourth-order valence-electron chi connectivity index (χ4n) is 7.24. The number of nitrogens with zero attached hydrogens (tertiary/aromatic N) is 4. The van der Waals surface area contributed by atoms with Crippen LogP contribution in [-0.2, 0) is 4.74 Å². The van der Waals surface area contributed by atoms with Crippen LogP contribution in [0.4, 0.5) is 10.2 Å². The summed E-state index contributed by atoms with van der Waals surface area (Å²) in [6.07, 6.45) is 13.0. The Morgan fingerprint density at radius 2 is 1.86 bits per heavy atom. The van der Waals surface area contributed by atoms with Gasteiger partial charge in [-0.15, -0.1) is 0 Å². The van der Waals surface area contributed by atoms with Crippen molar-refractivity contribution in [1.82, 2.24) is 19.4 Å². The maximum absolute atomic E-state index is 13.8. The van der Waals surface area contributed by atoms with Crippen LogP contribution in [0.3, 0.4) is 0 Å². The summed E-state index contributed by atoms with van der Waals surface area (Å²) >= 11 is 0. The molecule has 7 rings (SSSR count). The van der Waals surface area contributed by atoms with Gasteiger partial charge in [-0.05, 0) is 75.5 Å². The van der Waals surface area contributed by atoms with Crippen molar-refractivity contribution in [2.45, 2.75) is 87.7 Å². The molecule has 2 bridgehead atoms. The molecule has 2 aromatic heterocycles. The van der Waals surface area contributed by atoms with Crippen molar-refractivity contribution >= 4 is 16.9 Å². The Bertz CT molecular complexity index is 1280. The molecule has 3 saturated heterocycles. The summed E-state index contributed by atoms with van der Waals surface area (Å²) in [5.41, 5.74) is 9.29. The minimum absolute atomic E-state index is 0.103. The first kappa shape index (κ1) is 23.4. The lowest BCUT2D eigenvalue weighted by Crippen LogP contribution is -2.37. The number of anilines is 1. The minimum Gasteiger partial charge on any atom is -0.491 e. The predicted octanol–water partition coefficient (Wildman–Crippen LogP) is 5.30. The van der Waals surface area contributed by atoms with Crippen molar-refractivity contribution in [3.05, 3.63) is 36.8 Å². The molecule has 0 radical (unpaired) electrons. The van der Waals surface area contributed by atoms with E-state index in [9.17, 15) is 4.39 Å². The van der Waals surface area contributed by atoms with Crippen LogP contribution in [0.1, 0.15) is 63.8 Å². The Balaban J connectivity index is 1.14. The predicted molar refractivity (Wildman–Crippen MR) is 141 cm³/mol. The average molecular weight is 506 g/mol. The van der Waals surface area contributed by atoms with E-state index in [2.05, 4.69) is 37.8 Å². The van der Waals surface area contributed by atoms with E-state index in [1.807, 2.05) is 12.1 Å². The van der Waals surface area contributed by atoms with E-state index in [4.69, 9.17) is 15.2 Å². The van der Waals surface area contributed by atoms with Crippen LogP contribution >= 0.6 is 0 Å². The average Bonchev–Trinajstić information content (AvgIpc) is 3.72. The molecular weight excluding hydrogens is 469 g/mol. The van der Waals surface area contributed by atoms with Crippen molar-refractivity contribution in [3.63, 3.8) is 0 Å². The summed E-state index contributed by atoms with van der Waals surface area (Å²) in [6, 6.07) is 9.09. The van der Waals surface area contributed by atoms with Crippen molar-refractivity contribution in [1.29, 1.82) is 0 Å². The van der Waals surface area contributed by atoms with Gasteiger partial charge in [-0.2, -0.15) is 0 Å². The van der Waals surface area contributed by atoms with E-state index >= 15 is 0 Å². The van der Waals surface area contributed by atoms with Gasteiger partial charge in [-0.1, -0.05) is 12.1 Å². The number of benzene rings is 1. The third-order valence-electron chi connectivity index (χ3n) is 9.28. The molecule has 0 spiro atoms. The summed E-state index contributed by atoms with van der Waals surface area (Å²) in [5.74, 6) is 1.35. The summed E-state index contributed by atoms with van der Waals surface area (Å²) < 4.78 is 28.5. The SMILES string of the molecule is Nc1ncnc2c1c(-c1cccc(OCC34CCC(CC3)O4)c1)cn2C1CCC(N2CC[C@H](F)C2)CC1. The van der Waals surface area contributed by atoms with E-state index in [1.54, 1.807) is 6.33 Å². The first-order valence-corrected chi connectivity index (χ1v) is 14.0. The molecule has 4 aliphatic rings. The Kier molecular flexibility index (Phi) is 5.85. The highest BCUT2D eigenvalue weighted by Gasteiger charge is 2.46. The number of rotatable bonds is 6. The number of ether oxygens (including phenoxy) is 2. The number of hydrogen-bond acceptors (Lipinski definition) is 6. The Hall–Kier alpha value is -2.71. The number of fused-ring (bicyclic) bond motifs is 3. The van der Waals surface area contributed by atoms with E-state index < -0.39 is 6.17 Å². The van der Waals surface area contributed by atoms with Gasteiger partial charge < -0.3 is 19.8 Å². The zero-order valence-corrected chi connectivity index (χ0v) is 21.3. The van der Waals surface area contributed by atoms with Gasteiger partial charge in [-0.25, -0.2) is 14.4 Å². The maximum atomic E-state index is 13.8. The van der Waals surface area contributed by atoms with Crippen LogP contribution in [0, 0.1) is 0 Å². The summed E-state index contributed by atoms with van der Waals surface area (Å²) in [7, 11) is 0. The highest BCUT2D eigenvalue weighted by atomic mass is 19.1. The minimum atomic E-state index is -0.659. The molecule has 8 heteroatoms. The third-order valence-corrected chi connectivity index (χ3v) is 9.28. The van der Waals surface area contributed by atoms with Gasteiger partial charge >= 0.3 is 0 Å². The van der Waals surface area contributed by atoms with E-state index in [-0.39, 0.29) is 5.60 Å². The third kappa shape index (κ3) is 4.28. The number of alkyl halides is 1. The highest BCUT2D eigenvalue weighted by Crippen LogP contribution is 2.44. The monoisotopic (exact) mass is 505 g/mol. The first-order valence-electron chi connectivity index (χ1n) is 14.0. The molecule has 1 aliphatic carbocycles. The second kappa shape index (κ2) is 9.24. The molecule has 5 heterocycles. The summed E-state index contributed by atoms with van der Waals surface area (Å²) in [6.45, 7) is 2.09. The lowest BCUT2D eigenvalue weighted by Gasteiger charge is -2.35. The maximum Gasteiger partial charge on any atom is 0.146 e. The van der Waals surface area contributed by atoms with Gasteiger partial charge in [0.2, 0.25) is 0 Å². The Morgan fingerprint density at radius 3 is 2.59 bits per heavy atom. The van der Waals surface area contributed by atoms with Gasteiger partial charge in [0, 0.05) is 36.9 Å². The summed E-state index contributed by atoms with van der Waals surface area (Å²) in [5, 5.41) is 0.901. The molecule has 37 heavy (non-hydrogen) atoms. The molecule has 1 atom stereocenters. The molecular formula is C29H36FN5O2. The number of likely N-dealkylation sites (tertiary alicyclic amines) is 1. The molecule has 196 valence electrons. The topological polar surface area (TPSA) is 78.4 Å². The number of halogens is 1. The Labute approximate surface area is 217 Å². The quantitative estimate of drug-likeness (QED) is 0.490. The zero-order chi connectivity index (χ0) is 25.0. The molecule has 0 unspecified atom stereocenters. The molecule has 3 aliphatic heterocycles. The van der Waals surface area contributed by atoms with Gasteiger partial charge in [-0.3, -0.25) is 4.90 Å². The lowest BCUT2D eigenvalue weighted by atomic mass is 9.89. The summed E-state index contributed by atoms with van der Waals surface area (Å²) in [4.78, 5) is 11.3. The van der Waals surface area contributed by atoms with E-state index in [0.717, 1.165) is 85.8 Å². The van der Waals surface area contributed by atoms with Crippen molar-refractivity contribution < 1.29 is 13.9 Å². The number of hydrogen-bond donors (Lipinski definition) is 1. The van der Waals surface area contributed by atoms with Crippen molar-refractivity contribution in [2.75, 3.05) is 25.4 Å². The van der Waals surface area contributed by atoms with Crippen LogP contribution < -0.4 is 10.5 Å². The normalized spacial score (nSPS) is 31.9. The number of nitrogen functional groups attached to an aromatic ring is 1. The van der Waals surface area contributed by atoms with Crippen LogP contribution in [0.15, 0.2) is 36.8 Å². The van der Waals surface area contributed by atoms with Gasteiger partial charge in [0.05, 0.1) is 11.5 Å². The molecule has 1 saturated carbocycles. The van der Waals surface area contributed by atoms with Crippen LogP contribution in [0.25, 0.3) is 22.2 Å².